The van der Waals surface area contributed by atoms with Gasteiger partial charge in [-0.15, -0.1) is 0 Å². The third-order valence-corrected chi connectivity index (χ3v) is 4.78. The predicted molar refractivity (Wildman–Crippen MR) is 96.3 cm³/mol. The summed E-state index contributed by atoms with van der Waals surface area (Å²) >= 11 is 0. The van der Waals surface area contributed by atoms with Crippen LogP contribution in [0.15, 0.2) is 35.3 Å². The molecule has 0 spiro atoms. The Balaban J connectivity index is 1.79. The molecular weight excluding hydrogens is 318 g/mol. The molecule has 3 aromatic rings. The number of imidazole rings is 1. The molecule has 0 radical (unpaired) electrons. The SMILES string of the molecule is Cc1ccccc1Nc1ncc2c(n1)n(C1CCOCC1)c(=O)n2C. The number of fused-ring (bicyclic) bond motifs is 1. The number of hydrogen-bond donors (Lipinski definition) is 1. The number of benzene rings is 1. The summed E-state index contributed by atoms with van der Waals surface area (Å²) in [6.45, 7) is 3.38. The highest BCUT2D eigenvalue weighted by Gasteiger charge is 2.23. The van der Waals surface area contributed by atoms with Gasteiger partial charge in [-0.1, -0.05) is 18.2 Å². The Morgan fingerprint density at radius 3 is 2.76 bits per heavy atom. The standard InChI is InChI=1S/C18H21N5O2/c1-12-5-3-4-6-14(12)20-17-19-11-15-16(21-17)23(18(24)22(15)2)13-7-9-25-10-8-13/h3-6,11,13H,7-10H2,1-2H3,(H,19,20,21). The minimum atomic E-state index is -0.0516. The molecular formula is C18H21N5O2. The number of nitrogens with zero attached hydrogens (tertiary/aromatic N) is 4. The number of aromatic nitrogens is 4. The fraction of sp³-hybridized carbons (Fsp3) is 0.389. The van der Waals surface area contributed by atoms with Crippen LogP contribution in [-0.4, -0.2) is 32.3 Å². The summed E-state index contributed by atoms with van der Waals surface area (Å²) in [6.07, 6.45) is 3.35. The molecule has 1 fully saturated rings. The van der Waals surface area contributed by atoms with Crippen molar-refractivity contribution < 1.29 is 4.74 Å². The fourth-order valence-corrected chi connectivity index (χ4v) is 3.30. The number of anilines is 2. The molecule has 130 valence electrons. The lowest BCUT2D eigenvalue weighted by Gasteiger charge is -2.22. The highest BCUT2D eigenvalue weighted by atomic mass is 16.5. The van der Waals surface area contributed by atoms with E-state index >= 15 is 0 Å². The Morgan fingerprint density at radius 1 is 1.24 bits per heavy atom. The molecule has 0 atom stereocenters. The van der Waals surface area contributed by atoms with Crippen LogP contribution in [-0.2, 0) is 11.8 Å². The lowest BCUT2D eigenvalue weighted by Crippen LogP contribution is -2.30. The normalized spacial score (nSPS) is 15.6. The van der Waals surface area contributed by atoms with Gasteiger partial charge in [0.15, 0.2) is 5.65 Å². The number of para-hydroxylation sites is 1. The molecule has 4 rings (SSSR count). The summed E-state index contributed by atoms with van der Waals surface area (Å²) < 4.78 is 8.84. The van der Waals surface area contributed by atoms with Gasteiger partial charge >= 0.3 is 5.69 Å². The van der Waals surface area contributed by atoms with E-state index in [1.54, 1.807) is 22.4 Å². The number of rotatable bonds is 3. The van der Waals surface area contributed by atoms with Crippen molar-refractivity contribution in [2.45, 2.75) is 25.8 Å². The Kier molecular flexibility index (Phi) is 4.01. The lowest BCUT2D eigenvalue weighted by molar-refractivity contribution is 0.0695. The summed E-state index contributed by atoms with van der Waals surface area (Å²) in [5, 5.41) is 3.25. The average Bonchev–Trinajstić information content (AvgIpc) is 2.88. The van der Waals surface area contributed by atoms with Crippen LogP contribution in [0.2, 0.25) is 0 Å². The van der Waals surface area contributed by atoms with Gasteiger partial charge in [0.05, 0.1) is 6.20 Å². The van der Waals surface area contributed by atoms with Crippen LogP contribution < -0.4 is 11.0 Å². The van der Waals surface area contributed by atoms with Crippen molar-refractivity contribution in [3.8, 4) is 0 Å². The monoisotopic (exact) mass is 339 g/mol. The second kappa shape index (κ2) is 6.33. The molecule has 0 aliphatic carbocycles. The Bertz CT molecular complexity index is 969. The second-order valence-corrected chi connectivity index (χ2v) is 6.40. The Labute approximate surface area is 145 Å². The van der Waals surface area contributed by atoms with E-state index < -0.39 is 0 Å². The van der Waals surface area contributed by atoms with Crippen LogP contribution in [0.25, 0.3) is 11.2 Å². The predicted octanol–water partition coefficient (Wildman–Crippen LogP) is 2.53. The van der Waals surface area contributed by atoms with Gasteiger partial charge in [0.1, 0.15) is 5.52 Å². The van der Waals surface area contributed by atoms with Crippen LogP contribution >= 0.6 is 0 Å². The molecule has 0 bridgehead atoms. The first-order valence-electron chi connectivity index (χ1n) is 8.49. The van der Waals surface area contributed by atoms with E-state index in [9.17, 15) is 4.79 Å². The van der Waals surface area contributed by atoms with E-state index in [2.05, 4.69) is 15.3 Å². The van der Waals surface area contributed by atoms with Crippen molar-refractivity contribution in [3.05, 3.63) is 46.5 Å². The molecule has 3 heterocycles. The van der Waals surface area contributed by atoms with Crippen LogP contribution in [0.1, 0.15) is 24.4 Å². The highest BCUT2D eigenvalue weighted by Crippen LogP contribution is 2.24. The zero-order valence-corrected chi connectivity index (χ0v) is 14.4. The van der Waals surface area contributed by atoms with Gasteiger partial charge in [-0.25, -0.2) is 9.78 Å². The number of ether oxygens (including phenoxy) is 1. The Morgan fingerprint density at radius 2 is 2.00 bits per heavy atom. The largest absolute Gasteiger partial charge is 0.381 e. The van der Waals surface area contributed by atoms with E-state index in [1.807, 2.05) is 31.2 Å². The fourth-order valence-electron chi connectivity index (χ4n) is 3.30. The quantitative estimate of drug-likeness (QED) is 0.794. The van der Waals surface area contributed by atoms with Crippen molar-refractivity contribution >= 4 is 22.8 Å². The Hall–Kier alpha value is -2.67. The van der Waals surface area contributed by atoms with Crippen LogP contribution in [0.4, 0.5) is 11.6 Å². The van der Waals surface area contributed by atoms with Crippen molar-refractivity contribution in [1.29, 1.82) is 0 Å². The van der Waals surface area contributed by atoms with Gasteiger partial charge in [-0.3, -0.25) is 9.13 Å². The third kappa shape index (κ3) is 2.80. The van der Waals surface area contributed by atoms with Crippen molar-refractivity contribution in [2.75, 3.05) is 18.5 Å². The first kappa shape index (κ1) is 15.8. The molecule has 1 N–H and O–H groups in total. The van der Waals surface area contributed by atoms with Gasteiger partial charge in [-0.2, -0.15) is 4.98 Å². The summed E-state index contributed by atoms with van der Waals surface area (Å²) in [7, 11) is 1.76. The molecule has 7 nitrogen and oxygen atoms in total. The summed E-state index contributed by atoms with van der Waals surface area (Å²) in [5.74, 6) is 0.494. The average molecular weight is 339 g/mol. The molecule has 1 aliphatic rings. The van der Waals surface area contributed by atoms with E-state index in [1.165, 1.54) is 0 Å². The second-order valence-electron chi connectivity index (χ2n) is 6.40. The summed E-state index contributed by atoms with van der Waals surface area (Å²) in [4.78, 5) is 21.7. The van der Waals surface area contributed by atoms with Gasteiger partial charge in [0.2, 0.25) is 5.95 Å². The summed E-state index contributed by atoms with van der Waals surface area (Å²) in [6, 6.07) is 8.09. The van der Waals surface area contributed by atoms with Gasteiger partial charge in [0, 0.05) is 32.0 Å². The topological polar surface area (TPSA) is 74.0 Å². The minimum absolute atomic E-state index is 0.0516. The van der Waals surface area contributed by atoms with Crippen LogP contribution in [0, 0.1) is 6.92 Å². The van der Waals surface area contributed by atoms with E-state index in [4.69, 9.17) is 4.74 Å². The first-order chi connectivity index (χ1) is 12.1. The molecule has 1 aliphatic heterocycles. The van der Waals surface area contributed by atoms with Crippen LogP contribution in [0.5, 0.6) is 0 Å². The highest BCUT2D eigenvalue weighted by molar-refractivity contribution is 5.73. The van der Waals surface area contributed by atoms with Gasteiger partial charge in [-0.05, 0) is 31.4 Å². The minimum Gasteiger partial charge on any atom is -0.381 e. The maximum absolute atomic E-state index is 12.7. The molecule has 0 amide bonds. The maximum Gasteiger partial charge on any atom is 0.330 e. The molecule has 0 saturated carbocycles. The lowest BCUT2D eigenvalue weighted by atomic mass is 10.1. The zero-order valence-electron chi connectivity index (χ0n) is 14.4. The van der Waals surface area contributed by atoms with Crippen molar-refractivity contribution in [2.24, 2.45) is 7.05 Å². The first-order valence-corrected chi connectivity index (χ1v) is 8.49. The van der Waals surface area contributed by atoms with Crippen molar-refractivity contribution in [3.63, 3.8) is 0 Å². The number of hydrogen-bond acceptors (Lipinski definition) is 5. The van der Waals surface area contributed by atoms with Gasteiger partial charge in [0.25, 0.3) is 0 Å². The number of nitrogens with one attached hydrogen (secondary N) is 1. The van der Waals surface area contributed by atoms with Gasteiger partial charge < -0.3 is 10.1 Å². The van der Waals surface area contributed by atoms with Crippen LogP contribution in [0.3, 0.4) is 0 Å². The smallest absolute Gasteiger partial charge is 0.330 e. The molecule has 25 heavy (non-hydrogen) atoms. The molecule has 1 saturated heterocycles. The number of aryl methyl sites for hydroxylation is 2. The third-order valence-electron chi connectivity index (χ3n) is 4.78. The molecule has 2 aromatic heterocycles. The van der Waals surface area contributed by atoms with Crippen molar-refractivity contribution in [1.82, 2.24) is 19.1 Å². The summed E-state index contributed by atoms with van der Waals surface area (Å²) in [5.41, 5.74) is 3.43. The molecule has 0 unspecified atom stereocenters. The molecule has 1 aromatic carbocycles. The maximum atomic E-state index is 12.7. The van der Waals surface area contributed by atoms with E-state index in [0.717, 1.165) is 29.6 Å². The molecule has 7 heteroatoms. The van der Waals surface area contributed by atoms with E-state index in [0.29, 0.717) is 24.8 Å². The zero-order chi connectivity index (χ0) is 17.4. The van der Waals surface area contributed by atoms with E-state index in [-0.39, 0.29) is 11.7 Å².